The lowest BCUT2D eigenvalue weighted by Crippen LogP contribution is -2.34. The highest BCUT2D eigenvalue weighted by atomic mass is 32.2. The fourth-order valence-electron chi connectivity index (χ4n) is 2.35. The second-order valence-electron chi connectivity index (χ2n) is 5.27. The number of sulfonamides is 1. The highest BCUT2D eigenvalue weighted by molar-refractivity contribution is 7.89. The lowest BCUT2D eigenvalue weighted by molar-refractivity contribution is -0.384. The number of nitrogens with one attached hydrogen (secondary N) is 1. The number of nitrogens with zero attached hydrogens (tertiary/aromatic N) is 2. The lowest BCUT2D eigenvalue weighted by atomic mass is 9.86. The van der Waals surface area contributed by atoms with Gasteiger partial charge in [-0.2, -0.15) is 0 Å². The van der Waals surface area contributed by atoms with Crippen LogP contribution in [0.15, 0.2) is 23.1 Å². The molecule has 1 aromatic carbocycles. The van der Waals surface area contributed by atoms with E-state index in [1.54, 1.807) is 7.05 Å². The molecule has 0 unspecified atom stereocenters. The Morgan fingerprint density at radius 2 is 2.10 bits per heavy atom. The van der Waals surface area contributed by atoms with E-state index in [2.05, 4.69) is 5.32 Å². The maximum atomic E-state index is 12.5. The van der Waals surface area contributed by atoms with Crippen LogP contribution in [0.3, 0.4) is 0 Å². The van der Waals surface area contributed by atoms with Gasteiger partial charge in [-0.15, -0.1) is 0 Å². The van der Waals surface area contributed by atoms with Crippen LogP contribution >= 0.6 is 0 Å². The van der Waals surface area contributed by atoms with Gasteiger partial charge in [0.25, 0.3) is 5.69 Å². The Hall–Kier alpha value is -1.67. The standard InChI is InChI=1S/C13H19N3O4S/c1-14-12-8-11(6-7-13(12)16(17)18)21(19,20)15(2)9-10-4-3-5-10/h6-8,10,14H,3-5,9H2,1-2H3. The average Bonchev–Trinajstić information content (AvgIpc) is 2.41. The van der Waals surface area contributed by atoms with Crippen LogP contribution < -0.4 is 5.32 Å². The van der Waals surface area contributed by atoms with Crippen molar-refractivity contribution >= 4 is 21.4 Å². The second kappa shape index (κ2) is 5.98. The van der Waals surface area contributed by atoms with E-state index in [-0.39, 0.29) is 16.3 Å². The molecular formula is C13H19N3O4S. The first-order valence-electron chi connectivity index (χ1n) is 6.79. The van der Waals surface area contributed by atoms with Gasteiger partial charge in [0.2, 0.25) is 10.0 Å². The van der Waals surface area contributed by atoms with Crippen LogP contribution in [0.4, 0.5) is 11.4 Å². The zero-order valence-corrected chi connectivity index (χ0v) is 12.9. The summed E-state index contributed by atoms with van der Waals surface area (Å²) in [5.41, 5.74) is 0.0521. The van der Waals surface area contributed by atoms with Gasteiger partial charge in [0.05, 0.1) is 9.82 Å². The van der Waals surface area contributed by atoms with Crippen LogP contribution in [0.1, 0.15) is 19.3 Å². The topological polar surface area (TPSA) is 92.6 Å². The third-order valence-corrected chi connectivity index (χ3v) is 5.70. The molecular weight excluding hydrogens is 294 g/mol. The molecule has 8 heteroatoms. The number of rotatable bonds is 6. The minimum Gasteiger partial charge on any atom is -0.383 e. The third-order valence-electron chi connectivity index (χ3n) is 3.88. The molecule has 0 aromatic heterocycles. The van der Waals surface area contributed by atoms with Gasteiger partial charge in [0.15, 0.2) is 0 Å². The number of benzene rings is 1. The monoisotopic (exact) mass is 313 g/mol. The number of nitro groups is 1. The van der Waals surface area contributed by atoms with Crippen LogP contribution in [0.25, 0.3) is 0 Å². The Labute approximate surface area is 124 Å². The Morgan fingerprint density at radius 3 is 2.57 bits per heavy atom. The van der Waals surface area contributed by atoms with E-state index in [0.29, 0.717) is 12.5 Å². The molecule has 2 rings (SSSR count). The summed E-state index contributed by atoms with van der Waals surface area (Å²) in [4.78, 5) is 10.4. The van der Waals surface area contributed by atoms with E-state index >= 15 is 0 Å². The fourth-order valence-corrected chi connectivity index (χ4v) is 3.63. The first-order valence-corrected chi connectivity index (χ1v) is 8.23. The number of nitro benzene ring substituents is 1. The maximum Gasteiger partial charge on any atom is 0.292 e. The summed E-state index contributed by atoms with van der Waals surface area (Å²) in [6.45, 7) is 0.494. The summed E-state index contributed by atoms with van der Waals surface area (Å²) >= 11 is 0. The van der Waals surface area contributed by atoms with Crippen molar-refractivity contribution in [1.29, 1.82) is 0 Å². The largest absolute Gasteiger partial charge is 0.383 e. The van der Waals surface area contributed by atoms with Crippen LogP contribution in [-0.4, -0.2) is 38.3 Å². The van der Waals surface area contributed by atoms with Crippen molar-refractivity contribution in [3.8, 4) is 0 Å². The third kappa shape index (κ3) is 3.16. The molecule has 0 spiro atoms. The molecule has 7 nitrogen and oxygen atoms in total. The summed E-state index contributed by atoms with van der Waals surface area (Å²) in [5, 5.41) is 13.5. The highest BCUT2D eigenvalue weighted by Crippen LogP contribution is 2.31. The van der Waals surface area contributed by atoms with E-state index in [1.165, 1.54) is 29.6 Å². The van der Waals surface area contributed by atoms with E-state index in [0.717, 1.165) is 19.3 Å². The first kappa shape index (κ1) is 15.7. The molecule has 1 aromatic rings. The minimum absolute atomic E-state index is 0.0688. The number of hydrogen-bond donors (Lipinski definition) is 1. The van der Waals surface area contributed by atoms with Gasteiger partial charge in [-0.1, -0.05) is 6.42 Å². The maximum absolute atomic E-state index is 12.5. The molecule has 21 heavy (non-hydrogen) atoms. The minimum atomic E-state index is -3.61. The van der Waals surface area contributed by atoms with E-state index < -0.39 is 14.9 Å². The zero-order chi connectivity index (χ0) is 15.6. The summed E-state index contributed by atoms with van der Waals surface area (Å²) in [6.07, 6.45) is 3.27. The Morgan fingerprint density at radius 1 is 1.43 bits per heavy atom. The van der Waals surface area contributed by atoms with Crippen molar-refractivity contribution in [3.05, 3.63) is 28.3 Å². The summed E-state index contributed by atoms with van der Waals surface area (Å²) in [5.74, 6) is 0.423. The predicted molar refractivity (Wildman–Crippen MR) is 79.8 cm³/mol. The van der Waals surface area contributed by atoms with Gasteiger partial charge in [0, 0.05) is 26.7 Å². The summed E-state index contributed by atoms with van der Waals surface area (Å²) in [6, 6.07) is 3.81. The van der Waals surface area contributed by atoms with Gasteiger partial charge in [-0.05, 0) is 30.9 Å². The van der Waals surface area contributed by atoms with Crippen molar-refractivity contribution < 1.29 is 13.3 Å². The van der Waals surface area contributed by atoms with Crippen molar-refractivity contribution in [2.24, 2.45) is 5.92 Å². The highest BCUT2D eigenvalue weighted by Gasteiger charge is 2.28. The molecule has 0 bridgehead atoms. The Balaban J connectivity index is 2.28. The molecule has 0 amide bonds. The molecule has 0 aliphatic heterocycles. The summed E-state index contributed by atoms with van der Waals surface area (Å²) < 4.78 is 26.3. The molecule has 0 saturated heterocycles. The van der Waals surface area contributed by atoms with Crippen molar-refractivity contribution in [3.63, 3.8) is 0 Å². The Bertz CT molecular complexity index is 641. The molecule has 1 saturated carbocycles. The molecule has 1 N–H and O–H groups in total. The molecule has 1 aliphatic carbocycles. The van der Waals surface area contributed by atoms with Gasteiger partial charge in [-0.25, -0.2) is 12.7 Å². The SMILES string of the molecule is CNc1cc(S(=O)(=O)N(C)CC2CCC2)ccc1[N+](=O)[O-]. The van der Waals surface area contributed by atoms with Gasteiger partial charge < -0.3 is 5.32 Å². The molecule has 1 aliphatic rings. The predicted octanol–water partition coefficient (Wildman–Crippen LogP) is 2.06. The second-order valence-corrected chi connectivity index (χ2v) is 7.31. The fraction of sp³-hybridized carbons (Fsp3) is 0.538. The molecule has 0 heterocycles. The average molecular weight is 313 g/mol. The van der Waals surface area contributed by atoms with Crippen molar-refractivity contribution in [1.82, 2.24) is 4.31 Å². The quantitative estimate of drug-likeness (QED) is 0.641. The number of anilines is 1. The van der Waals surface area contributed by atoms with Crippen molar-refractivity contribution in [2.45, 2.75) is 24.2 Å². The van der Waals surface area contributed by atoms with Crippen LogP contribution in [-0.2, 0) is 10.0 Å². The van der Waals surface area contributed by atoms with E-state index in [1.807, 2.05) is 0 Å². The molecule has 0 atom stereocenters. The summed E-state index contributed by atoms with van der Waals surface area (Å²) in [7, 11) is -0.540. The van der Waals surface area contributed by atoms with E-state index in [4.69, 9.17) is 0 Å². The first-order chi connectivity index (χ1) is 9.86. The lowest BCUT2D eigenvalue weighted by Gasteiger charge is -2.29. The Kier molecular flexibility index (Phi) is 4.48. The van der Waals surface area contributed by atoms with Gasteiger partial charge in [0.1, 0.15) is 5.69 Å². The van der Waals surface area contributed by atoms with Crippen molar-refractivity contribution in [2.75, 3.05) is 26.0 Å². The smallest absolute Gasteiger partial charge is 0.292 e. The van der Waals surface area contributed by atoms with Crippen LogP contribution in [0.2, 0.25) is 0 Å². The molecule has 0 radical (unpaired) electrons. The molecule has 1 fully saturated rings. The van der Waals surface area contributed by atoms with Gasteiger partial charge in [-0.3, -0.25) is 10.1 Å². The van der Waals surface area contributed by atoms with Crippen LogP contribution in [0, 0.1) is 16.0 Å². The van der Waals surface area contributed by atoms with Crippen LogP contribution in [0.5, 0.6) is 0 Å². The normalized spacial score (nSPS) is 15.8. The van der Waals surface area contributed by atoms with Gasteiger partial charge >= 0.3 is 0 Å². The van der Waals surface area contributed by atoms with E-state index in [9.17, 15) is 18.5 Å². The number of hydrogen-bond acceptors (Lipinski definition) is 5. The zero-order valence-electron chi connectivity index (χ0n) is 12.1. The molecule has 116 valence electrons.